The first-order valence-electron chi connectivity index (χ1n) is 8.72. The van der Waals surface area contributed by atoms with E-state index in [1.54, 1.807) is 19.2 Å². The van der Waals surface area contributed by atoms with Gasteiger partial charge in [0.1, 0.15) is 11.6 Å². The van der Waals surface area contributed by atoms with Crippen molar-refractivity contribution in [3.05, 3.63) is 64.7 Å². The van der Waals surface area contributed by atoms with E-state index >= 15 is 0 Å². The lowest BCUT2D eigenvalue weighted by Gasteiger charge is -2.42. The van der Waals surface area contributed by atoms with Crippen LogP contribution >= 0.6 is 11.6 Å². The summed E-state index contributed by atoms with van der Waals surface area (Å²) in [6.07, 6.45) is 0.728. The summed E-state index contributed by atoms with van der Waals surface area (Å²) in [7, 11) is 2.99. The maximum atomic E-state index is 12.6. The Labute approximate surface area is 163 Å². The van der Waals surface area contributed by atoms with E-state index in [4.69, 9.17) is 21.1 Å². The van der Waals surface area contributed by atoms with E-state index in [0.717, 1.165) is 28.9 Å². The van der Waals surface area contributed by atoms with Gasteiger partial charge in [0.2, 0.25) is 5.91 Å². The summed E-state index contributed by atoms with van der Waals surface area (Å²) in [6, 6.07) is 12.8. The van der Waals surface area contributed by atoms with E-state index in [0.29, 0.717) is 5.56 Å². The maximum Gasteiger partial charge on any atom is 0.337 e. The van der Waals surface area contributed by atoms with Crippen molar-refractivity contribution >= 4 is 23.5 Å². The highest BCUT2D eigenvalue weighted by Gasteiger charge is 2.36. The van der Waals surface area contributed by atoms with Crippen molar-refractivity contribution in [1.82, 2.24) is 4.90 Å². The number of hydrogen-bond donors (Lipinski definition) is 0. The summed E-state index contributed by atoms with van der Waals surface area (Å²) in [6.45, 7) is 2.02. The molecule has 3 rings (SSSR count). The van der Waals surface area contributed by atoms with Gasteiger partial charge in [0.05, 0.1) is 25.8 Å². The van der Waals surface area contributed by atoms with E-state index in [2.05, 4.69) is 0 Å². The molecule has 2 aromatic carbocycles. The van der Waals surface area contributed by atoms with Crippen LogP contribution in [-0.4, -0.2) is 42.9 Å². The van der Waals surface area contributed by atoms with Crippen molar-refractivity contribution < 1.29 is 19.1 Å². The Balaban J connectivity index is 2.10. The lowest BCUT2D eigenvalue weighted by atomic mass is 9.84. The predicted octanol–water partition coefficient (Wildman–Crippen LogP) is 3.58. The number of methoxy groups -OCH3 is 2. The number of alkyl halides is 1. The third-order valence-corrected chi connectivity index (χ3v) is 5.19. The second-order valence-electron chi connectivity index (χ2n) is 6.57. The predicted molar refractivity (Wildman–Crippen MR) is 103 cm³/mol. The largest absolute Gasteiger partial charge is 0.497 e. The third-order valence-electron chi connectivity index (χ3n) is 4.96. The van der Waals surface area contributed by atoms with Gasteiger partial charge in [-0.05, 0) is 54.3 Å². The van der Waals surface area contributed by atoms with E-state index in [1.807, 2.05) is 42.2 Å². The highest BCUT2D eigenvalue weighted by atomic mass is 35.5. The number of halogens is 1. The molecule has 0 N–H and O–H groups in total. The first-order chi connectivity index (χ1) is 13.0. The Morgan fingerprint density at radius 1 is 1.15 bits per heavy atom. The van der Waals surface area contributed by atoms with E-state index in [9.17, 15) is 9.59 Å². The lowest BCUT2D eigenvalue weighted by Crippen LogP contribution is -2.47. The van der Waals surface area contributed by atoms with Gasteiger partial charge in [-0.25, -0.2) is 4.79 Å². The Morgan fingerprint density at radius 3 is 2.44 bits per heavy atom. The van der Waals surface area contributed by atoms with Crippen molar-refractivity contribution in [1.29, 1.82) is 0 Å². The Kier molecular flexibility index (Phi) is 5.71. The van der Waals surface area contributed by atoms with Gasteiger partial charge < -0.3 is 14.4 Å². The highest BCUT2D eigenvalue weighted by Crippen LogP contribution is 2.39. The molecule has 2 aromatic rings. The van der Waals surface area contributed by atoms with Gasteiger partial charge >= 0.3 is 5.97 Å². The second-order valence-corrected chi connectivity index (χ2v) is 6.84. The summed E-state index contributed by atoms with van der Waals surface area (Å²) in [5.41, 5.74) is 3.56. The molecule has 1 amide bonds. The number of fused-ring (bicyclic) bond motifs is 1. The molecule has 0 fully saturated rings. The fourth-order valence-corrected chi connectivity index (χ4v) is 3.83. The second kappa shape index (κ2) is 8.01. The van der Waals surface area contributed by atoms with Gasteiger partial charge in [-0.3, -0.25) is 4.79 Å². The van der Waals surface area contributed by atoms with Gasteiger partial charge in [-0.1, -0.05) is 18.2 Å². The molecular weight excluding hydrogens is 366 g/mol. The van der Waals surface area contributed by atoms with Crippen molar-refractivity contribution in [3.8, 4) is 5.75 Å². The molecule has 0 spiro atoms. The van der Waals surface area contributed by atoms with Gasteiger partial charge in [0, 0.05) is 6.04 Å². The molecule has 0 saturated heterocycles. The minimum absolute atomic E-state index is 0.0128. The standard InChI is InChI=1S/C21H22ClNO4/c1-13-10-16-11-17(26-2)8-9-18(16)20(23(13)19(24)12-22)14-4-6-15(7-5-14)21(25)27-3/h4-9,11,13,20H,10,12H2,1-3H3/t13-,20+/m0/s1. The monoisotopic (exact) mass is 387 g/mol. The molecule has 142 valence electrons. The van der Waals surface area contributed by atoms with Crippen LogP contribution in [0.3, 0.4) is 0 Å². The normalized spacial score (nSPS) is 18.6. The number of esters is 1. The van der Waals surface area contributed by atoms with Crippen LogP contribution in [0.5, 0.6) is 5.75 Å². The van der Waals surface area contributed by atoms with Crippen LogP contribution in [0.15, 0.2) is 42.5 Å². The summed E-state index contributed by atoms with van der Waals surface area (Å²) in [5, 5.41) is 0. The number of rotatable bonds is 4. The number of hydrogen-bond acceptors (Lipinski definition) is 4. The number of benzene rings is 2. The fourth-order valence-electron chi connectivity index (χ4n) is 3.69. The Morgan fingerprint density at radius 2 is 1.85 bits per heavy atom. The minimum Gasteiger partial charge on any atom is -0.497 e. The van der Waals surface area contributed by atoms with E-state index in [1.165, 1.54) is 7.11 Å². The van der Waals surface area contributed by atoms with Gasteiger partial charge in [0.25, 0.3) is 0 Å². The fraction of sp³-hybridized carbons (Fsp3) is 0.333. The number of nitrogens with zero attached hydrogens (tertiary/aromatic N) is 1. The number of carbonyl (C=O) groups excluding carboxylic acids is 2. The minimum atomic E-state index is -0.391. The zero-order valence-corrected chi connectivity index (χ0v) is 16.3. The van der Waals surface area contributed by atoms with Crippen LogP contribution in [0.4, 0.5) is 0 Å². The molecule has 0 saturated carbocycles. The molecule has 0 bridgehead atoms. The molecule has 6 heteroatoms. The Bertz CT molecular complexity index is 850. The van der Waals surface area contributed by atoms with Crippen molar-refractivity contribution in [2.45, 2.75) is 25.4 Å². The first-order valence-corrected chi connectivity index (χ1v) is 9.25. The molecule has 2 atom stereocenters. The van der Waals surface area contributed by atoms with E-state index in [-0.39, 0.29) is 23.9 Å². The first kappa shape index (κ1) is 19.2. The summed E-state index contributed by atoms with van der Waals surface area (Å²) in [4.78, 5) is 26.2. The molecule has 0 aliphatic carbocycles. The van der Waals surface area contributed by atoms with Crippen LogP contribution in [0.2, 0.25) is 0 Å². The topological polar surface area (TPSA) is 55.8 Å². The highest BCUT2D eigenvalue weighted by molar-refractivity contribution is 6.27. The average Bonchev–Trinajstić information content (AvgIpc) is 2.71. The van der Waals surface area contributed by atoms with Gasteiger partial charge in [0.15, 0.2) is 0 Å². The van der Waals surface area contributed by atoms with E-state index < -0.39 is 5.97 Å². The number of carbonyl (C=O) groups is 2. The summed E-state index contributed by atoms with van der Waals surface area (Å²) >= 11 is 5.89. The zero-order chi connectivity index (χ0) is 19.6. The lowest BCUT2D eigenvalue weighted by molar-refractivity contribution is -0.132. The van der Waals surface area contributed by atoms with Crippen LogP contribution in [-0.2, 0) is 16.0 Å². The molecule has 1 heterocycles. The summed E-state index contributed by atoms with van der Waals surface area (Å²) < 4.78 is 10.1. The summed E-state index contributed by atoms with van der Waals surface area (Å²) in [5.74, 6) is 0.204. The van der Waals surface area contributed by atoms with Crippen LogP contribution in [0.25, 0.3) is 0 Å². The van der Waals surface area contributed by atoms with Crippen LogP contribution in [0, 0.1) is 0 Å². The van der Waals surface area contributed by atoms with Crippen molar-refractivity contribution in [2.24, 2.45) is 0 Å². The molecule has 0 aromatic heterocycles. The number of ether oxygens (including phenoxy) is 2. The smallest absolute Gasteiger partial charge is 0.337 e. The molecule has 1 aliphatic heterocycles. The molecule has 0 radical (unpaired) electrons. The van der Waals surface area contributed by atoms with Gasteiger partial charge in [-0.15, -0.1) is 11.6 Å². The molecule has 1 aliphatic rings. The van der Waals surface area contributed by atoms with Crippen molar-refractivity contribution in [2.75, 3.05) is 20.1 Å². The molecule has 5 nitrogen and oxygen atoms in total. The maximum absolute atomic E-state index is 12.6. The van der Waals surface area contributed by atoms with Crippen LogP contribution in [0.1, 0.15) is 40.0 Å². The average molecular weight is 388 g/mol. The van der Waals surface area contributed by atoms with Gasteiger partial charge in [-0.2, -0.15) is 0 Å². The van der Waals surface area contributed by atoms with Crippen LogP contribution < -0.4 is 4.74 Å². The van der Waals surface area contributed by atoms with Crippen molar-refractivity contribution in [3.63, 3.8) is 0 Å². The molecule has 27 heavy (non-hydrogen) atoms. The quantitative estimate of drug-likeness (QED) is 0.594. The molecule has 0 unspecified atom stereocenters. The zero-order valence-electron chi connectivity index (χ0n) is 15.6. The number of amides is 1. The molecular formula is C21H22ClNO4. The third kappa shape index (κ3) is 3.65. The Hall–Kier alpha value is -2.53. The SMILES string of the molecule is COC(=O)c1ccc([C@@H]2c3ccc(OC)cc3C[C@H](C)N2C(=O)CCl)cc1.